The standard InChI is InChI=1S/C6H13NO.C2H4/c7-5-6-1-3-8-4-2-6;1-2/h6H,1-5,7H2;1-2H2. The van der Waals surface area contributed by atoms with E-state index < -0.39 is 0 Å². The Balaban J connectivity index is 0.000000371. The molecular weight excluding hydrogens is 126 g/mol. The molecule has 1 heterocycles. The fourth-order valence-electron chi connectivity index (χ4n) is 0.982. The first kappa shape index (κ1) is 9.66. The summed E-state index contributed by atoms with van der Waals surface area (Å²) < 4.78 is 5.15. The number of ether oxygens (including phenoxy) is 1. The molecule has 0 amide bonds. The lowest BCUT2D eigenvalue weighted by Crippen LogP contribution is -2.22. The molecule has 0 bridgehead atoms. The molecule has 0 aromatic heterocycles. The molecule has 0 spiro atoms. The van der Waals surface area contributed by atoms with Crippen molar-refractivity contribution in [1.82, 2.24) is 0 Å². The molecule has 1 rings (SSSR count). The second-order valence-corrected chi connectivity index (χ2v) is 2.29. The van der Waals surface area contributed by atoms with Crippen LogP contribution in [0, 0.1) is 5.92 Å². The van der Waals surface area contributed by atoms with Crippen LogP contribution in [0.15, 0.2) is 13.2 Å². The largest absolute Gasteiger partial charge is 0.381 e. The monoisotopic (exact) mass is 143 g/mol. The van der Waals surface area contributed by atoms with Gasteiger partial charge in [0.05, 0.1) is 0 Å². The third kappa shape index (κ3) is 3.64. The van der Waals surface area contributed by atoms with Crippen molar-refractivity contribution in [2.75, 3.05) is 19.8 Å². The van der Waals surface area contributed by atoms with Gasteiger partial charge in [0, 0.05) is 13.2 Å². The van der Waals surface area contributed by atoms with E-state index in [0.717, 1.165) is 38.5 Å². The zero-order valence-corrected chi connectivity index (χ0v) is 6.51. The Morgan fingerprint density at radius 1 is 1.30 bits per heavy atom. The molecule has 0 radical (unpaired) electrons. The summed E-state index contributed by atoms with van der Waals surface area (Å²) in [5, 5.41) is 0. The van der Waals surface area contributed by atoms with Crippen molar-refractivity contribution >= 4 is 0 Å². The van der Waals surface area contributed by atoms with Gasteiger partial charge in [-0.25, -0.2) is 0 Å². The predicted octanol–water partition coefficient (Wildman–Crippen LogP) is 1.17. The van der Waals surface area contributed by atoms with Crippen molar-refractivity contribution in [1.29, 1.82) is 0 Å². The smallest absolute Gasteiger partial charge is 0.0469 e. The van der Waals surface area contributed by atoms with Gasteiger partial charge >= 0.3 is 0 Å². The zero-order valence-electron chi connectivity index (χ0n) is 6.51. The van der Waals surface area contributed by atoms with E-state index in [-0.39, 0.29) is 0 Å². The number of rotatable bonds is 1. The molecule has 1 fully saturated rings. The van der Waals surface area contributed by atoms with Crippen LogP contribution in [0.25, 0.3) is 0 Å². The lowest BCUT2D eigenvalue weighted by molar-refractivity contribution is 0.0688. The summed E-state index contributed by atoms with van der Waals surface area (Å²) >= 11 is 0. The highest BCUT2D eigenvalue weighted by Crippen LogP contribution is 2.11. The fourth-order valence-corrected chi connectivity index (χ4v) is 0.982. The Morgan fingerprint density at radius 2 is 1.80 bits per heavy atom. The maximum Gasteiger partial charge on any atom is 0.0469 e. The summed E-state index contributed by atoms with van der Waals surface area (Å²) in [6.07, 6.45) is 2.33. The van der Waals surface area contributed by atoms with Crippen molar-refractivity contribution in [3.8, 4) is 0 Å². The second-order valence-electron chi connectivity index (χ2n) is 2.29. The molecule has 2 N–H and O–H groups in total. The van der Waals surface area contributed by atoms with Gasteiger partial charge in [-0.1, -0.05) is 0 Å². The summed E-state index contributed by atoms with van der Waals surface area (Å²) in [7, 11) is 0. The molecule has 0 atom stereocenters. The molecule has 10 heavy (non-hydrogen) atoms. The third-order valence-corrected chi connectivity index (χ3v) is 1.67. The van der Waals surface area contributed by atoms with E-state index in [1.165, 1.54) is 0 Å². The van der Waals surface area contributed by atoms with Crippen LogP contribution < -0.4 is 5.73 Å². The fraction of sp³-hybridized carbons (Fsp3) is 0.750. The van der Waals surface area contributed by atoms with Gasteiger partial charge < -0.3 is 10.5 Å². The first-order valence-electron chi connectivity index (χ1n) is 3.71. The molecule has 0 unspecified atom stereocenters. The van der Waals surface area contributed by atoms with Gasteiger partial charge in [-0.05, 0) is 25.3 Å². The van der Waals surface area contributed by atoms with Gasteiger partial charge in [0.15, 0.2) is 0 Å². The van der Waals surface area contributed by atoms with Crippen molar-refractivity contribution in [3.63, 3.8) is 0 Å². The van der Waals surface area contributed by atoms with Gasteiger partial charge in [-0.3, -0.25) is 0 Å². The molecule has 0 aliphatic carbocycles. The van der Waals surface area contributed by atoms with E-state index >= 15 is 0 Å². The molecule has 1 aliphatic rings. The average molecular weight is 143 g/mol. The molecular formula is C8H17NO. The molecule has 60 valence electrons. The van der Waals surface area contributed by atoms with E-state index in [0.29, 0.717) is 0 Å². The Bertz CT molecular complexity index is 69.7. The van der Waals surface area contributed by atoms with E-state index in [1.54, 1.807) is 0 Å². The van der Waals surface area contributed by atoms with Gasteiger partial charge in [0.2, 0.25) is 0 Å². The zero-order chi connectivity index (χ0) is 7.82. The Labute approximate surface area is 63.1 Å². The van der Waals surface area contributed by atoms with Crippen LogP contribution in [-0.2, 0) is 4.74 Å². The van der Waals surface area contributed by atoms with Crippen LogP contribution in [0.1, 0.15) is 12.8 Å². The highest BCUT2D eigenvalue weighted by atomic mass is 16.5. The molecule has 2 nitrogen and oxygen atoms in total. The van der Waals surface area contributed by atoms with E-state index in [2.05, 4.69) is 13.2 Å². The predicted molar refractivity (Wildman–Crippen MR) is 43.9 cm³/mol. The lowest BCUT2D eigenvalue weighted by Gasteiger charge is -2.19. The molecule has 0 aromatic rings. The maximum atomic E-state index is 5.45. The SMILES string of the molecule is C=C.NCC1CCOCC1. The van der Waals surface area contributed by atoms with Crippen LogP contribution in [0.4, 0.5) is 0 Å². The minimum Gasteiger partial charge on any atom is -0.381 e. The first-order valence-corrected chi connectivity index (χ1v) is 3.71. The van der Waals surface area contributed by atoms with Gasteiger partial charge in [0.25, 0.3) is 0 Å². The Kier molecular flexibility index (Phi) is 6.55. The summed E-state index contributed by atoms with van der Waals surface area (Å²) in [6, 6.07) is 0. The van der Waals surface area contributed by atoms with Crippen LogP contribution in [0.2, 0.25) is 0 Å². The minimum atomic E-state index is 0.740. The van der Waals surface area contributed by atoms with Gasteiger partial charge in [-0.15, -0.1) is 13.2 Å². The third-order valence-electron chi connectivity index (χ3n) is 1.67. The van der Waals surface area contributed by atoms with Gasteiger partial charge in [0.1, 0.15) is 0 Å². The first-order chi connectivity index (χ1) is 4.93. The molecule has 1 aliphatic heterocycles. The maximum absolute atomic E-state index is 5.45. The number of nitrogens with two attached hydrogens (primary N) is 1. The average Bonchev–Trinajstić information content (AvgIpc) is 2.10. The summed E-state index contributed by atoms with van der Waals surface area (Å²) in [6.45, 7) is 8.67. The van der Waals surface area contributed by atoms with Crippen molar-refractivity contribution in [3.05, 3.63) is 13.2 Å². The highest BCUT2D eigenvalue weighted by molar-refractivity contribution is 4.62. The summed E-state index contributed by atoms with van der Waals surface area (Å²) in [5.41, 5.74) is 5.45. The number of hydrogen-bond donors (Lipinski definition) is 1. The minimum absolute atomic E-state index is 0.740. The Hall–Kier alpha value is -0.340. The summed E-state index contributed by atoms with van der Waals surface area (Å²) in [4.78, 5) is 0. The van der Waals surface area contributed by atoms with Crippen LogP contribution in [0.5, 0.6) is 0 Å². The van der Waals surface area contributed by atoms with Gasteiger partial charge in [-0.2, -0.15) is 0 Å². The van der Waals surface area contributed by atoms with Crippen molar-refractivity contribution in [2.45, 2.75) is 12.8 Å². The quantitative estimate of drug-likeness (QED) is 0.559. The lowest BCUT2D eigenvalue weighted by atomic mass is 10.0. The molecule has 2 heteroatoms. The van der Waals surface area contributed by atoms with Crippen molar-refractivity contribution < 1.29 is 4.74 Å². The highest BCUT2D eigenvalue weighted by Gasteiger charge is 2.10. The second kappa shape index (κ2) is 6.78. The topological polar surface area (TPSA) is 35.2 Å². The molecule has 1 saturated heterocycles. The summed E-state index contributed by atoms with van der Waals surface area (Å²) in [5.74, 6) is 0.740. The van der Waals surface area contributed by atoms with E-state index in [1.807, 2.05) is 0 Å². The van der Waals surface area contributed by atoms with Crippen LogP contribution >= 0.6 is 0 Å². The Morgan fingerprint density at radius 3 is 2.10 bits per heavy atom. The molecule has 0 saturated carbocycles. The van der Waals surface area contributed by atoms with Crippen LogP contribution in [-0.4, -0.2) is 19.8 Å². The normalized spacial score (nSPS) is 19.3. The van der Waals surface area contributed by atoms with Crippen molar-refractivity contribution in [2.24, 2.45) is 11.7 Å². The van der Waals surface area contributed by atoms with Crippen LogP contribution in [0.3, 0.4) is 0 Å². The molecule has 0 aromatic carbocycles. The number of hydrogen-bond acceptors (Lipinski definition) is 2. The van der Waals surface area contributed by atoms with E-state index in [9.17, 15) is 0 Å². The van der Waals surface area contributed by atoms with E-state index in [4.69, 9.17) is 10.5 Å².